The van der Waals surface area contributed by atoms with E-state index in [1.165, 1.54) is 7.11 Å². The molecule has 0 radical (unpaired) electrons. The summed E-state index contributed by atoms with van der Waals surface area (Å²) >= 11 is 4.86. The molecule has 12 heavy (non-hydrogen) atoms. The van der Waals surface area contributed by atoms with Crippen LogP contribution in [-0.2, 0) is 9.53 Å². The van der Waals surface area contributed by atoms with Crippen LogP contribution < -0.4 is 10.6 Å². The maximum Gasteiger partial charge on any atom is 0.325 e. The van der Waals surface area contributed by atoms with Gasteiger partial charge < -0.3 is 15.4 Å². The molecule has 2 N–H and O–H groups in total. The highest BCUT2D eigenvalue weighted by atomic mass is 32.1. The highest BCUT2D eigenvalue weighted by Gasteiger charge is 1.99. The van der Waals surface area contributed by atoms with Crippen LogP contribution >= 0.6 is 12.2 Å². The number of carbonyl (C=O) groups excluding carboxylic acids is 1. The van der Waals surface area contributed by atoms with Gasteiger partial charge in [-0.25, -0.2) is 0 Å². The lowest BCUT2D eigenvalue weighted by Crippen LogP contribution is -2.38. The van der Waals surface area contributed by atoms with E-state index in [4.69, 9.17) is 12.2 Å². The van der Waals surface area contributed by atoms with Crippen LogP contribution in [0.25, 0.3) is 0 Å². The number of hydrogen-bond donors (Lipinski definition) is 2. The molecule has 0 rings (SSSR count). The second-order valence-electron chi connectivity index (χ2n) is 2.19. The fourth-order valence-corrected chi connectivity index (χ4v) is 0.700. The first kappa shape index (κ1) is 11.2. The van der Waals surface area contributed by atoms with E-state index in [1.807, 2.05) is 6.92 Å². The molecule has 0 aliphatic heterocycles. The standard InChI is InChI=1S/C7H14N2O2S/c1-3-4-8-7(12)9-5-6(10)11-2/h3-5H2,1-2H3,(H2,8,9,12). The van der Waals surface area contributed by atoms with Crippen molar-refractivity contribution in [3.8, 4) is 0 Å². The number of carbonyl (C=O) groups is 1. The van der Waals surface area contributed by atoms with Gasteiger partial charge in [0, 0.05) is 6.54 Å². The Labute approximate surface area is 77.7 Å². The molecule has 0 saturated heterocycles. The molecule has 0 aliphatic carbocycles. The van der Waals surface area contributed by atoms with Crippen LogP contribution in [0.3, 0.4) is 0 Å². The quantitative estimate of drug-likeness (QED) is 0.484. The SMILES string of the molecule is CCCNC(=S)NCC(=O)OC. The maximum absolute atomic E-state index is 10.6. The molecule has 0 fully saturated rings. The number of thiocarbonyl (C=S) groups is 1. The van der Waals surface area contributed by atoms with Crippen molar-refractivity contribution in [2.45, 2.75) is 13.3 Å². The van der Waals surface area contributed by atoms with Crippen molar-refractivity contribution in [3.63, 3.8) is 0 Å². The smallest absolute Gasteiger partial charge is 0.325 e. The van der Waals surface area contributed by atoms with Gasteiger partial charge in [-0.2, -0.15) is 0 Å². The summed E-state index contributed by atoms with van der Waals surface area (Å²) in [6.07, 6.45) is 1.00. The third-order valence-corrected chi connectivity index (χ3v) is 1.45. The van der Waals surface area contributed by atoms with E-state index in [-0.39, 0.29) is 12.5 Å². The van der Waals surface area contributed by atoms with Crippen LogP contribution in [-0.4, -0.2) is 31.3 Å². The molecule has 0 atom stereocenters. The molecular formula is C7H14N2O2S. The molecule has 70 valence electrons. The number of methoxy groups -OCH3 is 1. The van der Waals surface area contributed by atoms with E-state index in [9.17, 15) is 4.79 Å². The Morgan fingerprint density at radius 3 is 2.67 bits per heavy atom. The molecule has 5 heteroatoms. The minimum atomic E-state index is -0.323. The van der Waals surface area contributed by atoms with Crippen LogP contribution in [0.4, 0.5) is 0 Å². The van der Waals surface area contributed by atoms with Gasteiger partial charge in [-0.3, -0.25) is 4.79 Å². The van der Waals surface area contributed by atoms with Crippen LogP contribution in [0.15, 0.2) is 0 Å². The van der Waals surface area contributed by atoms with Crippen LogP contribution in [0.5, 0.6) is 0 Å². The normalized spacial score (nSPS) is 8.83. The van der Waals surface area contributed by atoms with Crippen molar-refractivity contribution in [3.05, 3.63) is 0 Å². The van der Waals surface area contributed by atoms with Crippen LogP contribution in [0.2, 0.25) is 0 Å². The van der Waals surface area contributed by atoms with E-state index < -0.39 is 0 Å². The number of nitrogens with one attached hydrogen (secondary N) is 2. The van der Waals surface area contributed by atoms with E-state index in [0.717, 1.165) is 13.0 Å². The van der Waals surface area contributed by atoms with Gasteiger partial charge in [0.05, 0.1) is 7.11 Å². The Kier molecular flexibility index (Phi) is 6.37. The topological polar surface area (TPSA) is 50.4 Å². The minimum absolute atomic E-state index is 0.117. The lowest BCUT2D eigenvalue weighted by molar-refractivity contribution is -0.139. The van der Waals surface area contributed by atoms with Crippen molar-refractivity contribution in [2.75, 3.05) is 20.2 Å². The molecule has 0 amide bonds. The second kappa shape index (κ2) is 6.84. The molecule has 0 saturated carbocycles. The van der Waals surface area contributed by atoms with Crippen molar-refractivity contribution < 1.29 is 9.53 Å². The first-order valence-corrected chi connectivity index (χ1v) is 4.20. The Morgan fingerprint density at radius 2 is 2.17 bits per heavy atom. The van der Waals surface area contributed by atoms with E-state index in [2.05, 4.69) is 15.4 Å². The summed E-state index contributed by atoms with van der Waals surface area (Å²) in [6.45, 7) is 2.97. The number of esters is 1. The number of hydrogen-bond acceptors (Lipinski definition) is 3. The van der Waals surface area contributed by atoms with Crippen molar-refractivity contribution in [1.82, 2.24) is 10.6 Å². The molecule has 0 aromatic carbocycles. The zero-order valence-electron chi connectivity index (χ0n) is 7.35. The van der Waals surface area contributed by atoms with Gasteiger partial charge in [0.25, 0.3) is 0 Å². The Bertz CT molecular complexity index is 161. The predicted molar refractivity (Wildman–Crippen MR) is 50.9 cm³/mol. The van der Waals surface area contributed by atoms with Gasteiger partial charge >= 0.3 is 5.97 Å². The monoisotopic (exact) mass is 190 g/mol. The molecule has 0 aliphatic rings. The first-order valence-electron chi connectivity index (χ1n) is 3.79. The predicted octanol–water partition coefficient (Wildman–Crippen LogP) is 0.0335. The molecule has 0 unspecified atom stereocenters. The molecule has 0 heterocycles. The van der Waals surface area contributed by atoms with Gasteiger partial charge in [0.1, 0.15) is 6.54 Å². The summed E-state index contributed by atoms with van der Waals surface area (Å²) < 4.78 is 4.42. The highest BCUT2D eigenvalue weighted by molar-refractivity contribution is 7.80. The molecule has 0 aromatic heterocycles. The maximum atomic E-state index is 10.6. The average Bonchev–Trinajstić information content (AvgIpc) is 2.10. The summed E-state index contributed by atoms with van der Waals surface area (Å²) in [4.78, 5) is 10.6. The van der Waals surface area contributed by atoms with Crippen molar-refractivity contribution >= 4 is 23.3 Å². The number of ether oxygens (including phenoxy) is 1. The Balaban J connectivity index is 3.37. The van der Waals surface area contributed by atoms with Gasteiger partial charge in [-0.1, -0.05) is 6.92 Å². The third-order valence-electron chi connectivity index (χ3n) is 1.16. The van der Waals surface area contributed by atoms with Crippen LogP contribution in [0.1, 0.15) is 13.3 Å². The molecule has 0 spiro atoms. The fourth-order valence-electron chi connectivity index (χ4n) is 0.526. The summed E-state index contributed by atoms with van der Waals surface area (Å²) in [5, 5.41) is 6.13. The Morgan fingerprint density at radius 1 is 1.50 bits per heavy atom. The zero-order valence-corrected chi connectivity index (χ0v) is 8.16. The van der Waals surface area contributed by atoms with Crippen molar-refractivity contribution in [2.24, 2.45) is 0 Å². The summed E-state index contributed by atoms with van der Waals surface area (Å²) in [6, 6.07) is 0. The summed E-state index contributed by atoms with van der Waals surface area (Å²) in [5.74, 6) is -0.323. The second-order valence-corrected chi connectivity index (χ2v) is 2.59. The fraction of sp³-hybridized carbons (Fsp3) is 0.714. The first-order chi connectivity index (χ1) is 5.70. The molecule has 0 bridgehead atoms. The zero-order chi connectivity index (χ0) is 9.40. The molecular weight excluding hydrogens is 176 g/mol. The van der Waals surface area contributed by atoms with E-state index in [0.29, 0.717) is 5.11 Å². The van der Waals surface area contributed by atoms with Gasteiger partial charge in [0.15, 0.2) is 5.11 Å². The number of rotatable bonds is 4. The molecule has 4 nitrogen and oxygen atoms in total. The Hall–Kier alpha value is -0.840. The van der Waals surface area contributed by atoms with E-state index in [1.54, 1.807) is 0 Å². The van der Waals surface area contributed by atoms with E-state index >= 15 is 0 Å². The minimum Gasteiger partial charge on any atom is -0.468 e. The third kappa shape index (κ3) is 5.91. The summed E-state index contributed by atoms with van der Waals surface area (Å²) in [7, 11) is 1.34. The van der Waals surface area contributed by atoms with Gasteiger partial charge in [-0.05, 0) is 18.6 Å². The lowest BCUT2D eigenvalue weighted by Gasteiger charge is -2.07. The molecule has 0 aromatic rings. The highest BCUT2D eigenvalue weighted by Crippen LogP contribution is 1.73. The van der Waals surface area contributed by atoms with Crippen molar-refractivity contribution in [1.29, 1.82) is 0 Å². The summed E-state index contributed by atoms with van der Waals surface area (Å²) in [5.41, 5.74) is 0. The largest absolute Gasteiger partial charge is 0.468 e. The van der Waals surface area contributed by atoms with Gasteiger partial charge in [-0.15, -0.1) is 0 Å². The van der Waals surface area contributed by atoms with Crippen LogP contribution in [0, 0.1) is 0 Å². The average molecular weight is 190 g/mol. The van der Waals surface area contributed by atoms with Gasteiger partial charge in [0.2, 0.25) is 0 Å². The lowest BCUT2D eigenvalue weighted by atomic mass is 10.5.